The summed E-state index contributed by atoms with van der Waals surface area (Å²) in [5.74, 6) is 0.0640. The van der Waals surface area contributed by atoms with Gasteiger partial charge in [-0.05, 0) is 31.5 Å². The topological polar surface area (TPSA) is 58.4 Å². The summed E-state index contributed by atoms with van der Waals surface area (Å²) in [4.78, 5) is 13.7. The van der Waals surface area contributed by atoms with Gasteiger partial charge in [-0.25, -0.2) is 0 Å². The lowest BCUT2D eigenvalue weighted by Gasteiger charge is -2.38. The molecule has 0 unspecified atom stereocenters. The minimum atomic E-state index is -0.550. The largest absolute Gasteiger partial charge is 0.370 e. The predicted octanol–water partition coefficient (Wildman–Crippen LogP) is 1.31. The van der Waals surface area contributed by atoms with Crippen molar-refractivity contribution >= 4 is 17.3 Å². The first-order valence-electron chi connectivity index (χ1n) is 5.35. The van der Waals surface area contributed by atoms with Crippen LogP contribution in [-0.2, 0) is 11.3 Å². The number of carbonyl (C=O) groups is 1. The van der Waals surface area contributed by atoms with Gasteiger partial charge < -0.3 is 16.0 Å². The Hall–Kier alpha value is -1.55. The van der Waals surface area contributed by atoms with Crippen molar-refractivity contribution in [2.24, 2.45) is 5.73 Å². The molecule has 1 heterocycles. The molecule has 86 valence electrons. The van der Waals surface area contributed by atoms with Gasteiger partial charge >= 0.3 is 0 Å². The van der Waals surface area contributed by atoms with Crippen LogP contribution in [0.25, 0.3) is 0 Å². The average Bonchev–Trinajstić information content (AvgIpc) is 2.25. The normalized spacial score (nSPS) is 18.0. The van der Waals surface area contributed by atoms with Gasteiger partial charge in [-0.15, -0.1) is 0 Å². The second kappa shape index (κ2) is 3.49. The van der Waals surface area contributed by atoms with Gasteiger partial charge in [0.1, 0.15) is 5.54 Å². The number of hydrogen-bond acceptors (Lipinski definition) is 3. The Bertz CT molecular complexity index is 440. The molecular formula is C12H17N3O. The van der Waals surface area contributed by atoms with Crippen LogP contribution in [-0.4, -0.2) is 18.5 Å². The highest BCUT2D eigenvalue weighted by Gasteiger charge is 2.36. The van der Waals surface area contributed by atoms with Gasteiger partial charge in [0.2, 0.25) is 0 Å². The van der Waals surface area contributed by atoms with Gasteiger partial charge in [0, 0.05) is 13.6 Å². The number of fused-ring (bicyclic) bond motifs is 1. The lowest BCUT2D eigenvalue weighted by molar-refractivity contribution is -0.121. The lowest BCUT2D eigenvalue weighted by atomic mass is 9.98. The van der Waals surface area contributed by atoms with Crippen LogP contribution in [0.1, 0.15) is 19.4 Å². The number of benzene rings is 1. The average molecular weight is 219 g/mol. The quantitative estimate of drug-likeness (QED) is 0.748. The van der Waals surface area contributed by atoms with Crippen LogP contribution < -0.4 is 16.0 Å². The van der Waals surface area contributed by atoms with Gasteiger partial charge in [-0.1, -0.05) is 6.07 Å². The molecular weight excluding hydrogens is 202 g/mol. The summed E-state index contributed by atoms with van der Waals surface area (Å²) < 4.78 is 0. The van der Waals surface area contributed by atoms with E-state index in [-0.39, 0.29) is 5.91 Å². The monoisotopic (exact) mass is 219 g/mol. The number of hydrogen-bond donors (Lipinski definition) is 2. The number of likely N-dealkylation sites (N-methyl/N-ethyl adjacent to an activating group) is 1. The summed E-state index contributed by atoms with van der Waals surface area (Å²) in [6.07, 6.45) is 0. The number of nitrogens with two attached hydrogens (primary N) is 1. The molecule has 1 aliphatic rings. The summed E-state index contributed by atoms with van der Waals surface area (Å²) in [6, 6.07) is 5.91. The highest BCUT2D eigenvalue weighted by atomic mass is 16.2. The van der Waals surface area contributed by atoms with E-state index in [1.807, 2.05) is 32.0 Å². The second-order valence-electron chi connectivity index (χ2n) is 4.67. The van der Waals surface area contributed by atoms with E-state index >= 15 is 0 Å². The molecule has 0 fully saturated rings. The maximum absolute atomic E-state index is 12.0. The summed E-state index contributed by atoms with van der Waals surface area (Å²) in [6.45, 7) is 4.25. The number of amides is 1. The molecule has 4 nitrogen and oxygen atoms in total. The molecule has 2 rings (SSSR count). The van der Waals surface area contributed by atoms with E-state index in [2.05, 4.69) is 5.32 Å². The first-order valence-corrected chi connectivity index (χ1v) is 5.35. The Kier molecular flexibility index (Phi) is 2.39. The van der Waals surface area contributed by atoms with Gasteiger partial charge in [0.05, 0.1) is 11.4 Å². The fourth-order valence-corrected chi connectivity index (χ4v) is 2.01. The smallest absolute Gasteiger partial charge is 0.251 e. The number of rotatable bonds is 1. The van der Waals surface area contributed by atoms with Gasteiger partial charge in [0.25, 0.3) is 5.91 Å². The zero-order valence-electron chi connectivity index (χ0n) is 9.87. The molecule has 0 aliphatic carbocycles. The third-order valence-electron chi connectivity index (χ3n) is 2.95. The molecule has 0 saturated heterocycles. The highest BCUT2D eigenvalue weighted by Crippen LogP contribution is 2.34. The van der Waals surface area contributed by atoms with Crippen LogP contribution >= 0.6 is 0 Å². The first kappa shape index (κ1) is 11.0. The van der Waals surface area contributed by atoms with E-state index in [1.54, 1.807) is 11.9 Å². The molecule has 3 N–H and O–H groups in total. The van der Waals surface area contributed by atoms with E-state index in [9.17, 15) is 4.79 Å². The van der Waals surface area contributed by atoms with Gasteiger partial charge in [0.15, 0.2) is 0 Å². The SMILES string of the molecule is CN1C(=O)C(C)(C)Nc2ccc(CN)cc21. The van der Waals surface area contributed by atoms with Crippen molar-refractivity contribution in [2.45, 2.75) is 25.9 Å². The van der Waals surface area contributed by atoms with E-state index in [0.717, 1.165) is 16.9 Å². The molecule has 4 heteroatoms. The van der Waals surface area contributed by atoms with Crippen molar-refractivity contribution in [1.29, 1.82) is 0 Å². The number of carbonyl (C=O) groups excluding carboxylic acids is 1. The van der Waals surface area contributed by atoms with E-state index in [4.69, 9.17) is 5.73 Å². The Labute approximate surface area is 95.4 Å². The molecule has 0 spiro atoms. The summed E-state index contributed by atoms with van der Waals surface area (Å²) in [5.41, 5.74) is 7.94. The molecule has 1 aromatic carbocycles. The van der Waals surface area contributed by atoms with Crippen LogP contribution in [0, 0.1) is 0 Å². The van der Waals surface area contributed by atoms with Crippen molar-refractivity contribution in [3.05, 3.63) is 23.8 Å². The van der Waals surface area contributed by atoms with Crippen molar-refractivity contribution < 1.29 is 4.79 Å². The second-order valence-corrected chi connectivity index (χ2v) is 4.67. The molecule has 0 aromatic heterocycles. The van der Waals surface area contributed by atoms with E-state index in [0.29, 0.717) is 6.54 Å². The van der Waals surface area contributed by atoms with Crippen molar-refractivity contribution in [3.63, 3.8) is 0 Å². The number of nitrogens with one attached hydrogen (secondary N) is 1. The molecule has 0 radical (unpaired) electrons. The third kappa shape index (κ3) is 1.55. The van der Waals surface area contributed by atoms with Crippen LogP contribution in [0.15, 0.2) is 18.2 Å². The molecule has 0 saturated carbocycles. The van der Waals surface area contributed by atoms with Crippen LogP contribution in [0.4, 0.5) is 11.4 Å². The summed E-state index contributed by atoms with van der Waals surface area (Å²) in [5, 5.41) is 3.24. The number of anilines is 2. The Morgan fingerprint density at radius 2 is 2.12 bits per heavy atom. The molecule has 0 atom stereocenters. The highest BCUT2D eigenvalue weighted by molar-refractivity contribution is 6.07. The first-order chi connectivity index (χ1) is 7.45. The molecule has 1 aliphatic heterocycles. The minimum absolute atomic E-state index is 0.0640. The van der Waals surface area contributed by atoms with Crippen molar-refractivity contribution in [2.75, 3.05) is 17.3 Å². The predicted molar refractivity (Wildman–Crippen MR) is 65.4 cm³/mol. The molecule has 1 aromatic rings. The van der Waals surface area contributed by atoms with Gasteiger partial charge in [-0.3, -0.25) is 4.79 Å². The Morgan fingerprint density at radius 3 is 2.75 bits per heavy atom. The fourth-order valence-electron chi connectivity index (χ4n) is 2.01. The molecule has 0 bridgehead atoms. The zero-order valence-corrected chi connectivity index (χ0v) is 9.87. The van der Waals surface area contributed by atoms with Crippen LogP contribution in [0.3, 0.4) is 0 Å². The standard InChI is InChI=1S/C12H17N3O/c1-12(2)11(16)15(3)10-6-8(7-13)4-5-9(10)14-12/h4-6,14H,7,13H2,1-3H3. The third-order valence-corrected chi connectivity index (χ3v) is 2.95. The Morgan fingerprint density at radius 1 is 1.44 bits per heavy atom. The lowest BCUT2D eigenvalue weighted by Crippen LogP contribution is -2.52. The number of nitrogens with zero attached hydrogens (tertiary/aromatic N) is 1. The molecule has 1 amide bonds. The summed E-state index contributed by atoms with van der Waals surface area (Å²) in [7, 11) is 1.80. The maximum Gasteiger partial charge on any atom is 0.251 e. The van der Waals surface area contributed by atoms with Crippen LogP contribution in [0.2, 0.25) is 0 Å². The Balaban J connectivity index is 2.51. The van der Waals surface area contributed by atoms with Gasteiger partial charge in [-0.2, -0.15) is 0 Å². The summed E-state index contributed by atoms with van der Waals surface area (Å²) >= 11 is 0. The van der Waals surface area contributed by atoms with E-state index < -0.39 is 5.54 Å². The van der Waals surface area contributed by atoms with Crippen molar-refractivity contribution in [1.82, 2.24) is 0 Å². The molecule has 16 heavy (non-hydrogen) atoms. The van der Waals surface area contributed by atoms with Crippen LogP contribution in [0.5, 0.6) is 0 Å². The van der Waals surface area contributed by atoms with Crippen molar-refractivity contribution in [3.8, 4) is 0 Å². The zero-order chi connectivity index (χ0) is 11.9. The fraction of sp³-hybridized carbons (Fsp3) is 0.417. The maximum atomic E-state index is 12.0. The minimum Gasteiger partial charge on any atom is -0.370 e. The van der Waals surface area contributed by atoms with E-state index in [1.165, 1.54) is 0 Å².